The minimum Gasteiger partial charge on any atom is -0.372 e. The summed E-state index contributed by atoms with van der Waals surface area (Å²) >= 11 is 0. The molecule has 0 spiro atoms. The molecule has 0 aliphatic carbocycles. The van der Waals surface area contributed by atoms with Crippen LogP contribution in [0.3, 0.4) is 0 Å². The van der Waals surface area contributed by atoms with Crippen LogP contribution in [0.4, 0.5) is 0 Å². The summed E-state index contributed by atoms with van der Waals surface area (Å²) in [7, 11) is 0. The van der Waals surface area contributed by atoms with Crippen molar-refractivity contribution in [1.82, 2.24) is 16.0 Å². The zero-order chi connectivity index (χ0) is 15.5. The summed E-state index contributed by atoms with van der Waals surface area (Å²) in [4.78, 5) is 11.8. The van der Waals surface area contributed by atoms with Gasteiger partial charge in [0.15, 0.2) is 0 Å². The first-order valence-electron chi connectivity index (χ1n) is 7.43. The number of dihydropyridines is 1. The van der Waals surface area contributed by atoms with Crippen LogP contribution >= 0.6 is 0 Å². The second kappa shape index (κ2) is 5.94. The van der Waals surface area contributed by atoms with Gasteiger partial charge in [0, 0.05) is 30.6 Å². The van der Waals surface area contributed by atoms with Crippen LogP contribution in [-0.4, -0.2) is 19.0 Å². The van der Waals surface area contributed by atoms with Crippen LogP contribution in [0, 0.1) is 11.3 Å². The van der Waals surface area contributed by atoms with E-state index in [0.29, 0.717) is 19.5 Å². The van der Waals surface area contributed by atoms with Crippen molar-refractivity contribution in [2.24, 2.45) is 0 Å². The van der Waals surface area contributed by atoms with Crippen molar-refractivity contribution in [1.29, 1.82) is 5.26 Å². The molecule has 5 heteroatoms. The van der Waals surface area contributed by atoms with E-state index in [1.807, 2.05) is 31.2 Å². The summed E-state index contributed by atoms with van der Waals surface area (Å²) in [5.74, 6) is 0.958. The third-order valence-electron chi connectivity index (χ3n) is 3.88. The molecule has 1 amide bonds. The van der Waals surface area contributed by atoms with Crippen molar-refractivity contribution in [3.05, 3.63) is 57.9 Å². The van der Waals surface area contributed by atoms with E-state index in [1.54, 1.807) is 0 Å². The third kappa shape index (κ3) is 2.68. The number of allylic oxidation sites excluding steroid dienone is 2. The summed E-state index contributed by atoms with van der Waals surface area (Å²) in [6, 6.07) is 8.20. The molecule has 0 bridgehead atoms. The zero-order valence-electron chi connectivity index (χ0n) is 12.5. The lowest BCUT2D eigenvalue weighted by molar-refractivity contribution is 0.0965. The van der Waals surface area contributed by atoms with Crippen LogP contribution in [0.25, 0.3) is 0 Å². The molecule has 2 aliphatic rings. The number of carbonyl (C=O) groups is 1. The maximum Gasteiger partial charge on any atom is 0.251 e. The summed E-state index contributed by atoms with van der Waals surface area (Å²) in [5.41, 5.74) is 4.64. The molecule has 0 radical (unpaired) electrons. The van der Waals surface area contributed by atoms with Gasteiger partial charge in [0.25, 0.3) is 5.91 Å². The highest BCUT2D eigenvalue weighted by Crippen LogP contribution is 2.21. The van der Waals surface area contributed by atoms with Gasteiger partial charge >= 0.3 is 0 Å². The predicted octanol–water partition coefficient (Wildman–Crippen LogP) is 1.35. The van der Waals surface area contributed by atoms with Gasteiger partial charge in [0.2, 0.25) is 0 Å². The van der Waals surface area contributed by atoms with Crippen LogP contribution < -0.4 is 16.0 Å². The van der Waals surface area contributed by atoms with Crippen molar-refractivity contribution in [2.75, 3.05) is 13.1 Å². The van der Waals surface area contributed by atoms with E-state index in [-0.39, 0.29) is 5.91 Å². The Morgan fingerprint density at radius 1 is 1.32 bits per heavy atom. The van der Waals surface area contributed by atoms with E-state index in [1.165, 1.54) is 0 Å². The van der Waals surface area contributed by atoms with Gasteiger partial charge < -0.3 is 16.0 Å². The first kappa shape index (κ1) is 14.2. The number of nitrogens with one attached hydrogen (secondary N) is 3. The maximum absolute atomic E-state index is 11.8. The molecular weight excluding hydrogens is 276 g/mol. The molecule has 112 valence electrons. The Morgan fingerprint density at radius 2 is 2.18 bits per heavy atom. The van der Waals surface area contributed by atoms with Gasteiger partial charge in [-0.15, -0.1) is 0 Å². The fourth-order valence-electron chi connectivity index (χ4n) is 2.78. The van der Waals surface area contributed by atoms with Gasteiger partial charge in [0.05, 0.1) is 12.6 Å². The molecule has 2 heterocycles. The highest BCUT2D eigenvalue weighted by Gasteiger charge is 2.19. The topological polar surface area (TPSA) is 77.0 Å². The Kier molecular flexibility index (Phi) is 3.84. The molecule has 1 aromatic rings. The fraction of sp³-hybridized carbons (Fsp3) is 0.294. The number of hydrogen-bond donors (Lipinski definition) is 3. The third-order valence-corrected chi connectivity index (χ3v) is 3.88. The Labute approximate surface area is 129 Å². The van der Waals surface area contributed by atoms with Crippen molar-refractivity contribution >= 4 is 5.91 Å². The first-order valence-corrected chi connectivity index (χ1v) is 7.43. The molecule has 0 fully saturated rings. The van der Waals surface area contributed by atoms with Crippen molar-refractivity contribution in [3.63, 3.8) is 0 Å². The second-order valence-corrected chi connectivity index (χ2v) is 5.42. The van der Waals surface area contributed by atoms with Crippen LogP contribution in [0.1, 0.15) is 28.4 Å². The molecule has 5 nitrogen and oxygen atoms in total. The number of nitrogens with zero attached hydrogens (tertiary/aromatic N) is 1. The first-order chi connectivity index (χ1) is 10.7. The molecule has 0 atom stereocenters. The molecule has 0 unspecified atom stereocenters. The average Bonchev–Trinajstić information content (AvgIpc) is 2.90. The quantitative estimate of drug-likeness (QED) is 0.783. The van der Waals surface area contributed by atoms with Crippen molar-refractivity contribution < 1.29 is 4.79 Å². The van der Waals surface area contributed by atoms with Crippen LogP contribution in [0.2, 0.25) is 0 Å². The summed E-state index contributed by atoms with van der Waals surface area (Å²) < 4.78 is 0. The van der Waals surface area contributed by atoms with E-state index in [2.05, 4.69) is 22.0 Å². The van der Waals surface area contributed by atoms with E-state index in [4.69, 9.17) is 5.26 Å². The van der Waals surface area contributed by atoms with Gasteiger partial charge in [-0.1, -0.05) is 12.1 Å². The molecular formula is C17H18N4O. The normalized spacial score (nSPS) is 16.4. The van der Waals surface area contributed by atoms with Crippen LogP contribution in [-0.2, 0) is 13.0 Å². The minimum absolute atomic E-state index is 0.00670. The van der Waals surface area contributed by atoms with Gasteiger partial charge in [-0.2, -0.15) is 5.26 Å². The molecule has 3 N–H and O–H groups in total. The maximum atomic E-state index is 11.8. The Bertz CT molecular complexity index is 725. The molecule has 0 aromatic heterocycles. The Balaban J connectivity index is 1.90. The van der Waals surface area contributed by atoms with Crippen LogP contribution in [0.15, 0.2) is 41.2 Å². The lowest BCUT2D eigenvalue weighted by atomic mass is 9.97. The smallest absolute Gasteiger partial charge is 0.251 e. The summed E-state index contributed by atoms with van der Waals surface area (Å²) in [5, 5.41) is 18.5. The van der Waals surface area contributed by atoms with E-state index in [0.717, 1.165) is 40.2 Å². The average molecular weight is 294 g/mol. The van der Waals surface area contributed by atoms with Gasteiger partial charge in [-0.25, -0.2) is 0 Å². The Morgan fingerprint density at radius 3 is 2.95 bits per heavy atom. The Hall–Kier alpha value is -2.74. The molecule has 22 heavy (non-hydrogen) atoms. The fourth-order valence-corrected chi connectivity index (χ4v) is 2.78. The standard InChI is InChI=1S/C17H18N4O/c1-2-19-16-14(6-12(8-18)9-20-16)5-11-3-4-13-10-21-17(22)15(13)7-11/h3-4,6-7,19-20H,2,5,9-10H2,1H3,(H,21,22). The lowest BCUT2D eigenvalue weighted by Crippen LogP contribution is -2.32. The van der Waals surface area contributed by atoms with Gasteiger partial charge in [-0.3, -0.25) is 4.79 Å². The van der Waals surface area contributed by atoms with Gasteiger partial charge in [-0.05, 0) is 35.8 Å². The number of amides is 1. The van der Waals surface area contributed by atoms with Crippen molar-refractivity contribution in [2.45, 2.75) is 19.9 Å². The lowest BCUT2D eigenvalue weighted by Gasteiger charge is -2.21. The molecule has 2 aliphatic heterocycles. The molecule has 3 rings (SSSR count). The number of carbonyl (C=O) groups excluding carboxylic acids is 1. The van der Waals surface area contributed by atoms with Crippen LogP contribution in [0.5, 0.6) is 0 Å². The number of benzene rings is 1. The van der Waals surface area contributed by atoms with E-state index >= 15 is 0 Å². The SMILES string of the molecule is CCNC1=C(Cc2ccc3c(c2)C(=O)NC3)C=C(C#N)CN1. The molecule has 1 aromatic carbocycles. The number of rotatable bonds is 4. The van der Waals surface area contributed by atoms with Gasteiger partial charge in [0.1, 0.15) is 5.82 Å². The summed E-state index contributed by atoms with van der Waals surface area (Å²) in [6.45, 7) is 4.01. The predicted molar refractivity (Wildman–Crippen MR) is 83.7 cm³/mol. The monoisotopic (exact) mass is 294 g/mol. The van der Waals surface area contributed by atoms with E-state index in [9.17, 15) is 4.79 Å². The highest BCUT2D eigenvalue weighted by molar-refractivity contribution is 5.98. The van der Waals surface area contributed by atoms with Crippen molar-refractivity contribution in [3.8, 4) is 6.07 Å². The zero-order valence-corrected chi connectivity index (χ0v) is 12.5. The number of nitriles is 1. The number of fused-ring (bicyclic) bond motifs is 1. The van der Waals surface area contributed by atoms with E-state index < -0.39 is 0 Å². The molecule has 0 saturated carbocycles. The minimum atomic E-state index is -0.00670. The largest absolute Gasteiger partial charge is 0.372 e. The second-order valence-electron chi connectivity index (χ2n) is 5.42. The number of hydrogen-bond acceptors (Lipinski definition) is 4. The summed E-state index contributed by atoms with van der Waals surface area (Å²) in [6.07, 6.45) is 2.61. The molecule has 0 saturated heterocycles. The highest BCUT2D eigenvalue weighted by atomic mass is 16.1.